The fourth-order valence-electron chi connectivity index (χ4n) is 4.08. The van der Waals surface area contributed by atoms with Gasteiger partial charge in [0, 0.05) is 24.6 Å². The Bertz CT molecular complexity index is 881. The van der Waals surface area contributed by atoms with Crippen molar-refractivity contribution in [3.63, 3.8) is 0 Å². The average Bonchev–Trinajstić information content (AvgIpc) is 2.77. The number of hydrogen-bond donors (Lipinski definition) is 0. The number of Topliss-reactive ketones (excluding diaryl/α,β-unsaturated/α-hetero) is 1. The van der Waals surface area contributed by atoms with Gasteiger partial charge in [-0.1, -0.05) is 44.2 Å². The van der Waals surface area contributed by atoms with Gasteiger partial charge in [0.1, 0.15) is 0 Å². The number of ketones is 1. The minimum atomic E-state index is -0.0883. The topological polar surface area (TPSA) is 55.8 Å². The van der Waals surface area contributed by atoms with Crippen molar-refractivity contribution in [2.24, 2.45) is 11.8 Å². The first-order chi connectivity index (χ1) is 14.4. The Morgan fingerprint density at radius 3 is 2.23 bits per heavy atom. The molecule has 1 aliphatic rings. The van der Waals surface area contributed by atoms with Crippen LogP contribution in [0.3, 0.4) is 0 Å². The zero-order chi connectivity index (χ0) is 21.7. The van der Waals surface area contributed by atoms with Gasteiger partial charge in [0.2, 0.25) is 0 Å². The first-order valence-corrected chi connectivity index (χ1v) is 10.6. The van der Waals surface area contributed by atoms with E-state index in [2.05, 4.69) is 26.0 Å². The van der Waals surface area contributed by atoms with E-state index < -0.39 is 0 Å². The Morgan fingerprint density at radius 1 is 1.00 bits per heavy atom. The second kappa shape index (κ2) is 9.79. The van der Waals surface area contributed by atoms with Gasteiger partial charge >= 0.3 is 0 Å². The van der Waals surface area contributed by atoms with Gasteiger partial charge in [-0.25, -0.2) is 0 Å². The minimum Gasteiger partial charge on any atom is -0.493 e. The molecule has 160 valence electrons. The lowest BCUT2D eigenvalue weighted by Crippen LogP contribution is -2.40. The standard InChI is InChI=1S/C25H31NO4/c1-17(2)16-18-8-10-19(11-9-18)23(27)20-12-14-26(15-13-20)25(28)21-6-5-7-22(29-3)24(21)30-4/h5-11,17,20H,12-16H2,1-4H3. The summed E-state index contributed by atoms with van der Waals surface area (Å²) in [5, 5.41) is 0. The molecule has 0 aliphatic carbocycles. The molecule has 0 saturated carbocycles. The van der Waals surface area contributed by atoms with E-state index >= 15 is 0 Å². The summed E-state index contributed by atoms with van der Waals surface area (Å²) in [6, 6.07) is 13.3. The molecule has 1 amide bonds. The molecule has 1 heterocycles. The fraction of sp³-hybridized carbons (Fsp3) is 0.440. The predicted octanol–water partition coefficient (Wildman–Crippen LogP) is 4.64. The maximum absolute atomic E-state index is 13.0. The predicted molar refractivity (Wildman–Crippen MR) is 117 cm³/mol. The van der Waals surface area contributed by atoms with Crippen molar-refractivity contribution in [2.45, 2.75) is 33.1 Å². The van der Waals surface area contributed by atoms with Crippen LogP contribution in [0, 0.1) is 11.8 Å². The Balaban J connectivity index is 1.63. The monoisotopic (exact) mass is 409 g/mol. The zero-order valence-corrected chi connectivity index (χ0v) is 18.3. The number of piperidine rings is 1. The van der Waals surface area contributed by atoms with Crippen molar-refractivity contribution in [1.82, 2.24) is 4.90 Å². The second-order valence-corrected chi connectivity index (χ2v) is 8.27. The number of para-hydroxylation sites is 1. The van der Waals surface area contributed by atoms with Crippen molar-refractivity contribution in [3.8, 4) is 11.5 Å². The molecule has 2 aromatic carbocycles. The lowest BCUT2D eigenvalue weighted by Gasteiger charge is -2.31. The van der Waals surface area contributed by atoms with E-state index in [4.69, 9.17) is 9.47 Å². The Morgan fingerprint density at radius 2 is 1.67 bits per heavy atom. The van der Waals surface area contributed by atoms with E-state index in [1.807, 2.05) is 12.1 Å². The molecule has 0 spiro atoms. The van der Waals surface area contributed by atoms with Gasteiger partial charge < -0.3 is 14.4 Å². The van der Waals surface area contributed by atoms with Gasteiger partial charge in [0.25, 0.3) is 5.91 Å². The smallest absolute Gasteiger partial charge is 0.257 e. The van der Waals surface area contributed by atoms with Crippen molar-refractivity contribution < 1.29 is 19.1 Å². The van der Waals surface area contributed by atoms with Crippen LogP contribution in [0.1, 0.15) is 53.0 Å². The van der Waals surface area contributed by atoms with Crippen molar-refractivity contribution in [2.75, 3.05) is 27.3 Å². The maximum atomic E-state index is 13.0. The van der Waals surface area contributed by atoms with Crippen LogP contribution >= 0.6 is 0 Å². The Kier molecular flexibility index (Phi) is 7.14. The van der Waals surface area contributed by atoms with Crippen molar-refractivity contribution in [1.29, 1.82) is 0 Å². The van der Waals surface area contributed by atoms with Gasteiger partial charge in [0.05, 0.1) is 19.8 Å². The highest BCUT2D eigenvalue weighted by Gasteiger charge is 2.30. The van der Waals surface area contributed by atoms with Gasteiger partial charge in [-0.2, -0.15) is 0 Å². The fourth-order valence-corrected chi connectivity index (χ4v) is 4.08. The second-order valence-electron chi connectivity index (χ2n) is 8.27. The molecule has 0 atom stereocenters. The van der Waals surface area contributed by atoms with Gasteiger partial charge in [-0.15, -0.1) is 0 Å². The quantitative estimate of drug-likeness (QED) is 0.625. The molecule has 0 aromatic heterocycles. The number of methoxy groups -OCH3 is 2. The van der Waals surface area contributed by atoms with E-state index in [-0.39, 0.29) is 17.6 Å². The van der Waals surface area contributed by atoms with Crippen LogP contribution < -0.4 is 9.47 Å². The van der Waals surface area contributed by atoms with E-state index in [9.17, 15) is 9.59 Å². The molecule has 5 heteroatoms. The lowest BCUT2D eigenvalue weighted by molar-refractivity contribution is 0.0647. The summed E-state index contributed by atoms with van der Waals surface area (Å²) in [6.07, 6.45) is 2.36. The molecule has 0 bridgehead atoms. The molecule has 30 heavy (non-hydrogen) atoms. The van der Waals surface area contributed by atoms with Crippen LogP contribution in [-0.4, -0.2) is 43.9 Å². The lowest BCUT2D eigenvalue weighted by atomic mass is 9.88. The summed E-state index contributed by atoms with van der Waals surface area (Å²) in [7, 11) is 3.09. The molecule has 1 fully saturated rings. The number of benzene rings is 2. The van der Waals surface area contributed by atoms with E-state index in [1.54, 1.807) is 30.2 Å². The molecule has 0 N–H and O–H groups in total. The number of nitrogens with zero attached hydrogens (tertiary/aromatic N) is 1. The number of carbonyl (C=O) groups excluding carboxylic acids is 2. The number of carbonyl (C=O) groups is 2. The van der Waals surface area contributed by atoms with Crippen LogP contribution in [0.15, 0.2) is 42.5 Å². The highest BCUT2D eigenvalue weighted by Crippen LogP contribution is 2.32. The van der Waals surface area contributed by atoms with Crippen LogP contribution in [0.4, 0.5) is 0 Å². The zero-order valence-electron chi connectivity index (χ0n) is 18.3. The first-order valence-electron chi connectivity index (χ1n) is 10.6. The average molecular weight is 410 g/mol. The van der Waals surface area contributed by atoms with E-state index in [0.717, 1.165) is 12.0 Å². The van der Waals surface area contributed by atoms with Crippen LogP contribution in [0.2, 0.25) is 0 Å². The highest BCUT2D eigenvalue weighted by atomic mass is 16.5. The van der Waals surface area contributed by atoms with Crippen molar-refractivity contribution >= 4 is 11.7 Å². The normalized spacial score (nSPS) is 14.6. The molecule has 0 radical (unpaired) electrons. The summed E-state index contributed by atoms with van der Waals surface area (Å²) in [4.78, 5) is 27.7. The van der Waals surface area contributed by atoms with Gasteiger partial charge in [0.15, 0.2) is 17.3 Å². The van der Waals surface area contributed by atoms with Crippen LogP contribution in [-0.2, 0) is 6.42 Å². The number of hydrogen-bond acceptors (Lipinski definition) is 4. The number of rotatable bonds is 7. The Labute approximate surface area is 179 Å². The largest absolute Gasteiger partial charge is 0.493 e. The van der Waals surface area contributed by atoms with Gasteiger partial charge in [-0.05, 0) is 42.9 Å². The third-order valence-electron chi connectivity index (χ3n) is 5.67. The van der Waals surface area contributed by atoms with Crippen LogP contribution in [0.25, 0.3) is 0 Å². The molecule has 5 nitrogen and oxygen atoms in total. The molecule has 2 aromatic rings. The molecule has 0 unspecified atom stereocenters. The van der Waals surface area contributed by atoms with E-state index in [1.165, 1.54) is 12.7 Å². The third kappa shape index (κ3) is 4.84. The number of ether oxygens (including phenoxy) is 2. The van der Waals surface area contributed by atoms with Crippen molar-refractivity contribution in [3.05, 3.63) is 59.2 Å². The maximum Gasteiger partial charge on any atom is 0.257 e. The third-order valence-corrected chi connectivity index (χ3v) is 5.67. The SMILES string of the molecule is COc1cccc(C(=O)N2CCC(C(=O)c3ccc(CC(C)C)cc3)CC2)c1OC. The Hall–Kier alpha value is -2.82. The number of amides is 1. The summed E-state index contributed by atoms with van der Waals surface area (Å²) < 4.78 is 10.7. The van der Waals surface area contributed by atoms with E-state index in [0.29, 0.717) is 48.9 Å². The molecule has 1 saturated heterocycles. The summed E-state index contributed by atoms with van der Waals surface area (Å²) in [5.41, 5.74) is 2.51. The molecule has 3 rings (SSSR count). The number of likely N-dealkylation sites (tertiary alicyclic amines) is 1. The highest BCUT2D eigenvalue weighted by molar-refractivity contribution is 5.99. The van der Waals surface area contributed by atoms with Crippen LogP contribution in [0.5, 0.6) is 11.5 Å². The van der Waals surface area contributed by atoms with Gasteiger partial charge in [-0.3, -0.25) is 9.59 Å². The summed E-state index contributed by atoms with van der Waals surface area (Å²) >= 11 is 0. The molecular weight excluding hydrogens is 378 g/mol. The minimum absolute atomic E-state index is 0.0443. The molecule has 1 aliphatic heterocycles. The molecular formula is C25H31NO4. The summed E-state index contributed by atoms with van der Waals surface area (Å²) in [6.45, 7) is 5.49. The summed E-state index contributed by atoms with van der Waals surface area (Å²) in [5.74, 6) is 1.62. The first kappa shape index (κ1) is 21.9.